The number of benzene rings is 1. The van der Waals surface area contributed by atoms with E-state index in [1.54, 1.807) is 0 Å². The molecule has 0 radical (unpaired) electrons. The second-order valence-corrected chi connectivity index (χ2v) is 4.24. The van der Waals surface area contributed by atoms with E-state index in [4.69, 9.17) is 17.3 Å². The van der Waals surface area contributed by atoms with Gasteiger partial charge in [0.05, 0.1) is 0 Å². The molecule has 1 aliphatic rings. The molecule has 3 N–H and O–H groups in total. The predicted molar refractivity (Wildman–Crippen MR) is 59.4 cm³/mol. The number of halogens is 1. The third-order valence-corrected chi connectivity index (χ3v) is 3.20. The van der Waals surface area contributed by atoms with Crippen LogP contribution in [-0.4, -0.2) is 13.1 Å². The first kappa shape index (κ1) is 9.97. The highest BCUT2D eigenvalue weighted by Gasteiger charge is 2.37. The number of hydrogen-bond acceptors (Lipinski definition) is 2. The van der Waals surface area contributed by atoms with Crippen LogP contribution in [-0.2, 0) is 5.54 Å². The second kappa shape index (κ2) is 3.89. The lowest BCUT2D eigenvalue weighted by molar-refractivity contribution is 0.196. The summed E-state index contributed by atoms with van der Waals surface area (Å²) in [5, 5.41) is 4.26. The zero-order chi connectivity index (χ0) is 10.0. The summed E-state index contributed by atoms with van der Waals surface area (Å²) in [4.78, 5) is 0. The molecule has 1 fully saturated rings. The minimum atomic E-state index is 0.0969. The van der Waals surface area contributed by atoms with Crippen LogP contribution in [0.15, 0.2) is 24.3 Å². The van der Waals surface area contributed by atoms with Gasteiger partial charge in [0.15, 0.2) is 0 Å². The van der Waals surface area contributed by atoms with E-state index in [0.29, 0.717) is 6.54 Å². The van der Waals surface area contributed by atoms with Gasteiger partial charge in [-0.25, -0.2) is 0 Å². The van der Waals surface area contributed by atoms with Gasteiger partial charge in [-0.05, 0) is 43.6 Å². The molecule has 1 saturated heterocycles. The number of nitrogens with one attached hydrogen (secondary N) is 1. The van der Waals surface area contributed by atoms with Gasteiger partial charge in [0.1, 0.15) is 0 Å². The van der Waals surface area contributed by atoms with Crippen LogP contribution in [0.4, 0.5) is 0 Å². The summed E-state index contributed by atoms with van der Waals surface area (Å²) >= 11 is 5.97. The molecule has 14 heavy (non-hydrogen) atoms. The largest absolute Gasteiger partial charge is 0.330 e. The predicted octanol–water partition coefficient (Wildman–Crippen LogP) is 1.88. The summed E-state index contributed by atoms with van der Waals surface area (Å²) < 4.78 is 0. The fraction of sp³-hybridized carbons (Fsp3) is 0.455. The van der Waals surface area contributed by atoms with E-state index >= 15 is 0 Å². The molecule has 0 spiro atoms. The summed E-state index contributed by atoms with van der Waals surface area (Å²) in [6.07, 6.45) is 2.14. The van der Waals surface area contributed by atoms with Crippen molar-refractivity contribution in [2.75, 3.05) is 13.1 Å². The van der Waals surface area contributed by atoms with Crippen LogP contribution >= 0.6 is 11.6 Å². The highest BCUT2D eigenvalue weighted by atomic mass is 35.5. The van der Waals surface area contributed by atoms with Crippen LogP contribution in [0.2, 0.25) is 5.02 Å². The lowest BCUT2D eigenvalue weighted by Gasteiger charge is -2.44. The van der Waals surface area contributed by atoms with Crippen molar-refractivity contribution in [3.05, 3.63) is 34.9 Å². The molecule has 1 unspecified atom stereocenters. The first-order valence-corrected chi connectivity index (χ1v) is 5.36. The Labute approximate surface area is 89.4 Å². The quantitative estimate of drug-likeness (QED) is 0.800. The number of hydrogen-bond donors (Lipinski definition) is 2. The van der Waals surface area contributed by atoms with Crippen molar-refractivity contribution in [1.82, 2.24) is 5.32 Å². The minimum absolute atomic E-state index is 0.0969. The molecular weight excluding hydrogens is 196 g/mol. The Kier molecular flexibility index (Phi) is 2.77. The summed E-state index contributed by atoms with van der Waals surface area (Å²) in [6, 6.07) is 8.05. The van der Waals surface area contributed by atoms with Gasteiger partial charge in [0.25, 0.3) is 0 Å². The zero-order valence-corrected chi connectivity index (χ0v) is 8.85. The van der Waals surface area contributed by atoms with Gasteiger partial charge in [0, 0.05) is 10.6 Å². The van der Waals surface area contributed by atoms with E-state index in [1.165, 1.54) is 5.56 Å². The average molecular weight is 211 g/mol. The molecule has 0 aromatic heterocycles. The highest BCUT2D eigenvalue weighted by Crippen LogP contribution is 2.35. The molecule has 3 heteroatoms. The number of rotatable bonds is 3. The molecule has 1 heterocycles. The highest BCUT2D eigenvalue weighted by molar-refractivity contribution is 6.30. The maximum atomic E-state index is 5.97. The monoisotopic (exact) mass is 210 g/mol. The van der Waals surface area contributed by atoms with Gasteiger partial charge in [-0.1, -0.05) is 23.7 Å². The summed E-state index contributed by atoms with van der Waals surface area (Å²) in [5.41, 5.74) is 6.99. The fourth-order valence-corrected chi connectivity index (χ4v) is 2.25. The molecule has 1 aromatic carbocycles. The molecule has 1 aliphatic heterocycles. The zero-order valence-electron chi connectivity index (χ0n) is 8.09. The van der Waals surface area contributed by atoms with Crippen molar-refractivity contribution in [2.24, 2.45) is 5.73 Å². The van der Waals surface area contributed by atoms with E-state index in [-0.39, 0.29) is 5.54 Å². The summed E-state index contributed by atoms with van der Waals surface area (Å²) in [5.74, 6) is 0. The van der Waals surface area contributed by atoms with E-state index in [1.807, 2.05) is 18.2 Å². The Bertz CT molecular complexity index is 321. The van der Waals surface area contributed by atoms with Gasteiger partial charge in [-0.2, -0.15) is 0 Å². The van der Waals surface area contributed by atoms with Crippen molar-refractivity contribution in [2.45, 2.75) is 18.4 Å². The van der Waals surface area contributed by atoms with Gasteiger partial charge in [0.2, 0.25) is 0 Å². The second-order valence-electron chi connectivity index (χ2n) is 3.81. The molecule has 2 rings (SSSR count). The minimum Gasteiger partial charge on any atom is -0.330 e. The molecule has 0 saturated carbocycles. The SMILES string of the molecule is NCCC1(c2cccc(Cl)c2)CCN1. The summed E-state index contributed by atoms with van der Waals surface area (Å²) in [7, 11) is 0. The van der Waals surface area contributed by atoms with Gasteiger partial charge in [-0.3, -0.25) is 0 Å². The van der Waals surface area contributed by atoms with Gasteiger partial charge < -0.3 is 11.1 Å². The molecule has 0 amide bonds. The third kappa shape index (κ3) is 1.65. The third-order valence-electron chi connectivity index (χ3n) is 2.96. The Morgan fingerprint density at radius 1 is 1.50 bits per heavy atom. The average Bonchev–Trinajstić information content (AvgIpc) is 2.11. The summed E-state index contributed by atoms with van der Waals surface area (Å²) in [6.45, 7) is 1.78. The normalized spacial score (nSPS) is 25.9. The maximum absolute atomic E-state index is 5.97. The molecule has 0 aliphatic carbocycles. The van der Waals surface area contributed by atoms with Crippen LogP contribution < -0.4 is 11.1 Å². The Balaban J connectivity index is 2.27. The molecule has 2 nitrogen and oxygen atoms in total. The lowest BCUT2D eigenvalue weighted by atomic mass is 9.78. The molecule has 1 atom stereocenters. The fourth-order valence-electron chi connectivity index (χ4n) is 2.06. The van der Waals surface area contributed by atoms with Crippen LogP contribution in [0, 0.1) is 0 Å². The molecule has 76 valence electrons. The van der Waals surface area contributed by atoms with Gasteiger partial charge >= 0.3 is 0 Å². The molecule has 0 bridgehead atoms. The van der Waals surface area contributed by atoms with E-state index in [2.05, 4.69) is 11.4 Å². The van der Waals surface area contributed by atoms with Crippen LogP contribution in [0.1, 0.15) is 18.4 Å². The van der Waals surface area contributed by atoms with Crippen molar-refractivity contribution >= 4 is 11.6 Å². The number of nitrogens with two attached hydrogens (primary N) is 1. The topological polar surface area (TPSA) is 38.0 Å². The first-order chi connectivity index (χ1) is 6.77. The smallest absolute Gasteiger partial charge is 0.0459 e. The van der Waals surface area contributed by atoms with Crippen molar-refractivity contribution in [1.29, 1.82) is 0 Å². The van der Waals surface area contributed by atoms with Crippen LogP contribution in [0.5, 0.6) is 0 Å². The molecule has 1 aromatic rings. The van der Waals surface area contributed by atoms with Crippen LogP contribution in [0.25, 0.3) is 0 Å². The Morgan fingerprint density at radius 3 is 2.79 bits per heavy atom. The van der Waals surface area contributed by atoms with E-state index in [9.17, 15) is 0 Å². The van der Waals surface area contributed by atoms with Gasteiger partial charge in [-0.15, -0.1) is 0 Å². The first-order valence-electron chi connectivity index (χ1n) is 4.98. The lowest BCUT2D eigenvalue weighted by Crippen LogP contribution is -2.55. The van der Waals surface area contributed by atoms with Crippen molar-refractivity contribution in [3.8, 4) is 0 Å². The van der Waals surface area contributed by atoms with Crippen molar-refractivity contribution in [3.63, 3.8) is 0 Å². The Hall–Kier alpha value is -0.570. The molecular formula is C11H15ClN2. The van der Waals surface area contributed by atoms with E-state index in [0.717, 1.165) is 24.4 Å². The standard InChI is InChI=1S/C11H15ClN2/c12-10-3-1-2-9(8-10)11(4-6-13)5-7-14-11/h1-3,8,14H,4-7,13H2. The Morgan fingerprint density at radius 2 is 2.29 bits per heavy atom. The van der Waals surface area contributed by atoms with E-state index < -0.39 is 0 Å². The van der Waals surface area contributed by atoms with Crippen molar-refractivity contribution < 1.29 is 0 Å². The maximum Gasteiger partial charge on any atom is 0.0459 e. The van der Waals surface area contributed by atoms with Crippen LogP contribution in [0.3, 0.4) is 0 Å².